The minimum absolute atomic E-state index is 0.116. The number of ether oxygens (including phenoxy) is 2. The van der Waals surface area contributed by atoms with E-state index in [1.807, 2.05) is 42.5 Å². The van der Waals surface area contributed by atoms with Crippen LogP contribution in [-0.2, 0) is 22.7 Å². The number of alkyl carbamates (subject to hydrolysis) is 1. The van der Waals surface area contributed by atoms with Crippen LogP contribution < -0.4 is 5.32 Å². The van der Waals surface area contributed by atoms with Crippen molar-refractivity contribution in [2.75, 3.05) is 13.7 Å². The predicted molar refractivity (Wildman–Crippen MR) is 92.8 cm³/mol. The van der Waals surface area contributed by atoms with Gasteiger partial charge in [0.1, 0.15) is 18.8 Å². The van der Waals surface area contributed by atoms with Crippen LogP contribution in [-0.4, -0.2) is 36.1 Å². The van der Waals surface area contributed by atoms with Gasteiger partial charge in [-0.2, -0.15) is 0 Å². The van der Waals surface area contributed by atoms with Crippen LogP contribution in [0, 0.1) is 0 Å². The number of carbonyl (C=O) groups is 1. The SMILES string of the molecule is COCc1ccc(C(O)C(O)CNC(=O)OCc2ccccc2)cc1. The standard InChI is InChI=1S/C19H23NO5/c1-24-12-15-7-9-16(10-8-15)18(22)17(21)11-20-19(23)25-13-14-5-3-2-4-6-14/h2-10,17-18,21-22H,11-13H2,1H3,(H,20,23). The third-order valence-electron chi connectivity index (χ3n) is 3.66. The first-order valence-corrected chi connectivity index (χ1v) is 7.98. The highest BCUT2D eigenvalue weighted by Crippen LogP contribution is 2.17. The fourth-order valence-electron chi connectivity index (χ4n) is 2.27. The summed E-state index contributed by atoms with van der Waals surface area (Å²) in [6.07, 6.45) is -2.89. The van der Waals surface area contributed by atoms with Gasteiger partial charge < -0.3 is 25.0 Å². The van der Waals surface area contributed by atoms with Crippen molar-refractivity contribution < 1.29 is 24.5 Å². The molecule has 2 aromatic carbocycles. The molecule has 1 amide bonds. The zero-order valence-electron chi connectivity index (χ0n) is 14.1. The molecule has 2 aromatic rings. The summed E-state index contributed by atoms with van der Waals surface area (Å²) in [5.74, 6) is 0. The van der Waals surface area contributed by atoms with Crippen LogP contribution in [0.2, 0.25) is 0 Å². The molecule has 0 aliphatic carbocycles. The van der Waals surface area contributed by atoms with Crippen molar-refractivity contribution in [3.63, 3.8) is 0 Å². The molecule has 2 unspecified atom stereocenters. The van der Waals surface area contributed by atoms with Gasteiger partial charge in [0.2, 0.25) is 0 Å². The van der Waals surface area contributed by atoms with Gasteiger partial charge in [-0.05, 0) is 16.7 Å². The first-order valence-electron chi connectivity index (χ1n) is 7.98. The largest absolute Gasteiger partial charge is 0.445 e. The van der Waals surface area contributed by atoms with Crippen LogP contribution in [0.3, 0.4) is 0 Å². The quantitative estimate of drug-likeness (QED) is 0.682. The molecule has 25 heavy (non-hydrogen) atoms. The maximum Gasteiger partial charge on any atom is 0.407 e. The molecule has 0 radical (unpaired) electrons. The molecule has 0 saturated carbocycles. The second-order valence-electron chi connectivity index (χ2n) is 5.63. The van der Waals surface area contributed by atoms with Gasteiger partial charge in [-0.15, -0.1) is 0 Å². The van der Waals surface area contributed by atoms with Gasteiger partial charge in [0, 0.05) is 13.7 Å². The molecule has 3 N–H and O–H groups in total. The molecule has 0 spiro atoms. The van der Waals surface area contributed by atoms with Crippen molar-refractivity contribution in [1.82, 2.24) is 5.32 Å². The Morgan fingerprint density at radius 1 is 1.00 bits per heavy atom. The van der Waals surface area contributed by atoms with Gasteiger partial charge in [0.15, 0.2) is 0 Å². The summed E-state index contributed by atoms with van der Waals surface area (Å²) < 4.78 is 10.1. The second kappa shape index (κ2) is 9.78. The Morgan fingerprint density at radius 3 is 2.28 bits per heavy atom. The van der Waals surface area contributed by atoms with Crippen LogP contribution in [0.5, 0.6) is 0 Å². The zero-order chi connectivity index (χ0) is 18.1. The number of hydrogen-bond donors (Lipinski definition) is 3. The monoisotopic (exact) mass is 345 g/mol. The van der Waals surface area contributed by atoms with E-state index >= 15 is 0 Å². The summed E-state index contributed by atoms with van der Waals surface area (Å²) in [7, 11) is 1.61. The molecule has 2 rings (SSSR count). The molecule has 0 aromatic heterocycles. The van der Waals surface area contributed by atoms with Gasteiger partial charge in [0.05, 0.1) is 6.61 Å². The van der Waals surface area contributed by atoms with Gasteiger partial charge in [-0.3, -0.25) is 0 Å². The Bertz CT molecular complexity index is 645. The molecule has 0 saturated heterocycles. The molecule has 0 aliphatic rings. The minimum atomic E-state index is -1.14. The Labute approximate surface area is 147 Å². The molecular formula is C19H23NO5. The number of benzene rings is 2. The molecule has 0 fully saturated rings. The van der Waals surface area contributed by atoms with Crippen molar-refractivity contribution in [1.29, 1.82) is 0 Å². The van der Waals surface area contributed by atoms with Gasteiger partial charge in [-0.1, -0.05) is 54.6 Å². The Hall–Kier alpha value is -2.41. The number of amides is 1. The molecular weight excluding hydrogens is 322 g/mol. The Balaban J connectivity index is 1.76. The summed E-state index contributed by atoms with van der Waals surface area (Å²) >= 11 is 0. The zero-order valence-corrected chi connectivity index (χ0v) is 14.1. The van der Waals surface area contributed by atoms with E-state index in [-0.39, 0.29) is 13.2 Å². The maximum absolute atomic E-state index is 11.7. The molecule has 134 valence electrons. The van der Waals surface area contributed by atoms with E-state index in [1.54, 1.807) is 19.2 Å². The van der Waals surface area contributed by atoms with Gasteiger partial charge in [0.25, 0.3) is 0 Å². The van der Waals surface area contributed by atoms with Gasteiger partial charge in [-0.25, -0.2) is 4.79 Å². The van der Waals surface area contributed by atoms with E-state index in [0.29, 0.717) is 12.2 Å². The van der Waals surface area contributed by atoms with Gasteiger partial charge >= 0.3 is 6.09 Å². The molecule has 2 atom stereocenters. The summed E-state index contributed by atoms with van der Waals surface area (Å²) in [6.45, 7) is 0.509. The maximum atomic E-state index is 11.7. The number of methoxy groups -OCH3 is 1. The average Bonchev–Trinajstić information content (AvgIpc) is 2.65. The highest BCUT2D eigenvalue weighted by atomic mass is 16.5. The lowest BCUT2D eigenvalue weighted by Gasteiger charge is -2.19. The molecule has 6 nitrogen and oxygen atoms in total. The molecule has 0 heterocycles. The summed E-state index contributed by atoms with van der Waals surface area (Å²) in [5, 5.41) is 22.6. The number of carbonyl (C=O) groups excluding carboxylic acids is 1. The van der Waals surface area contributed by atoms with E-state index in [0.717, 1.165) is 11.1 Å². The normalized spacial score (nSPS) is 13.1. The second-order valence-corrected chi connectivity index (χ2v) is 5.63. The number of hydrogen-bond acceptors (Lipinski definition) is 5. The smallest absolute Gasteiger partial charge is 0.407 e. The average molecular weight is 345 g/mol. The molecule has 0 bridgehead atoms. The third-order valence-corrected chi connectivity index (χ3v) is 3.66. The summed E-state index contributed by atoms with van der Waals surface area (Å²) in [5.41, 5.74) is 2.40. The highest BCUT2D eigenvalue weighted by Gasteiger charge is 2.19. The van der Waals surface area contributed by atoms with E-state index in [4.69, 9.17) is 9.47 Å². The van der Waals surface area contributed by atoms with E-state index < -0.39 is 18.3 Å². The molecule has 6 heteroatoms. The highest BCUT2D eigenvalue weighted by molar-refractivity contribution is 5.67. The lowest BCUT2D eigenvalue weighted by atomic mass is 10.0. The van der Waals surface area contributed by atoms with Crippen molar-refractivity contribution in [3.05, 3.63) is 71.3 Å². The Morgan fingerprint density at radius 2 is 1.64 bits per heavy atom. The first-order chi connectivity index (χ1) is 12.1. The Kier molecular flexibility index (Phi) is 7.40. The first kappa shape index (κ1) is 18.9. The summed E-state index contributed by atoms with van der Waals surface area (Å²) in [4.78, 5) is 11.7. The predicted octanol–water partition coefficient (Wildman–Crippen LogP) is 2.15. The van der Waals surface area contributed by atoms with Crippen LogP contribution >= 0.6 is 0 Å². The van der Waals surface area contributed by atoms with Crippen molar-refractivity contribution in [2.24, 2.45) is 0 Å². The summed E-state index contributed by atoms with van der Waals surface area (Å²) in [6, 6.07) is 16.4. The van der Waals surface area contributed by atoms with Crippen LogP contribution in [0.1, 0.15) is 22.8 Å². The minimum Gasteiger partial charge on any atom is -0.445 e. The van der Waals surface area contributed by atoms with E-state index in [2.05, 4.69) is 5.32 Å². The lowest BCUT2D eigenvalue weighted by Crippen LogP contribution is -2.35. The number of aliphatic hydroxyl groups is 2. The number of aliphatic hydroxyl groups excluding tert-OH is 2. The van der Waals surface area contributed by atoms with Crippen molar-refractivity contribution >= 4 is 6.09 Å². The van der Waals surface area contributed by atoms with Crippen LogP contribution in [0.15, 0.2) is 54.6 Å². The topological polar surface area (TPSA) is 88.0 Å². The fourth-order valence-corrected chi connectivity index (χ4v) is 2.27. The van der Waals surface area contributed by atoms with Crippen LogP contribution in [0.4, 0.5) is 4.79 Å². The van der Waals surface area contributed by atoms with Crippen molar-refractivity contribution in [2.45, 2.75) is 25.4 Å². The fraction of sp³-hybridized carbons (Fsp3) is 0.316. The van der Waals surface area contributed by atoms with E-state index in [9.17, 15) is 15.0 Å². The number of rotatable bonds is 8. The van der Waals surface area contributed by atoms with Crippen molar-refractivity contribution in [3.8, 4) is 0 Å². The molecule has 0 aliphatic heterocycles. The lowest BCUT2D eigenvalue weighted by molar-refractivity contribution is 0.0184. The number of nitrogens with one attached hydrogen (secondary N) is 1. The third kappa shape index (κ3) is 6.19. The van der Waals surface area contributed by atoms with Crippen LogP contribution in [0.25, 0.3) is 0 Å². The van der Waals surface area contributed by atoms with E-state index in [1.165, 1.54) is 0 Å².